The van der Waals surface area contributed by atoms with Gasteiger partial charge in [0.25, 0.3) is 5.69 Å². The number of sulfonamides is 1. The van der Waals surface area contributed by atoms with Gasteiger partial charge in [0.05, 0.1) is 4.92 Å². The first-order chi connectivity index (χ1) is 13.2. The SMILES string of the molecule is O=[N+]([O-])c1cccc(CN2CCN(S(=O)(=O)c3ccc(F)c(F)c3F)CC2)c1. The molecule has 1 aliphatic rings. The lowest BCUT2D eigenvalue weighted by molar-refractivity contribution is -0.384. The maximum atomic E-state index is 13.9. The smallest absolute Gasteiger partial charge is 0.269 e. The van der Waals surface area contributed by atoms with Gasteiger partial charge < -0.3 is 0 Å². The molecule has 1 aliphatic heterocycles. The molecule has 28 heavy (non-hydrogen) atoms. The van der Waals surface area contributed by atoms with Crippen molar-refractivity contribution in [2.75, 3.05) is 26.2 Å². The van der Waals surface area contributed by atoms with Crippen LogP contribution in [-0.2, 0) is 16.6 Å². The number of non-ortho nitro benzene ring substituents is 1. The van der Waals surface area contributed by atoms with Gasteiger partial charge >= 0.3 is 0 Å². The van der Waals surface area contributed by atoms with Crippen LogP contribution in [0, 0.1) is 27.6 Å². The molecule has 0 aromatic heterocycles. The topological polar surface area (TPSA) is 83.8 Å². The van der Waals surface area contributed by atoms with Crippen LogP contribution in [0.5, 0.6) is 0 Å². The van der Waals surface area contributed by atoms with Crippen LogP contribution < -0.4 is 0 Å². The Kier molecular flexibility index (Phi) is 5.68. The van der Waals surface area contributed by atoms with Gasteiger partial charge in [-0.3, -0.25) is 15.0 Å². The molecule has 1 fully saturated rings. The highest BCUT2D eigenvalue weighted by molar-refractivity contribution is 7.89. The second-order valence-electron chi connectivity index (χ2n) is 6.28. The molecule has 0 N–H and O–H groups in total. The number of benzene rings is 2. The standard InChI is InChI=1S/C17H16F3N3O4S/c18-14-4-5-15(17(20)16(14)19)28(26,27)22-8-6-21(7-9-22)11-12-2-1-3-13(10-12)23(24)25/h1-5,10H,6-9,11H2. The normalized spacial score (nSPS) is 16.2. The molecular formula is C17H16F3N3O4S. The molecule has 0 radical (unpaired) electrons. The number of halogens is 3. The van der Waals surface area contributed by atoms with Crippen molar-refractivity contribution in [3.8, 4) is 0 Å². The van der Waals surface area contributed by atoms with Crippen LogP contribution in [0.3, 0.4) is 0 Å². The van der Waals surface area contributed by atoms with Crippen molar-refractivity contribution in [2.45, 2.75) is 11.4 Å². The molecule has 11 heteroatoms. The molecule has 1 saturated heterocycles. The van der Waals surface area contributed by atoms with Gasteiger partial charge in [-0.05, 0) is 17.7 Å². The summed E-state index contributed by atoms with van der Waals surface area (Å²) in [5.74, 6) is -5.03. The van der Waals surface area contributed by atoms with Crippen LogP contribution in [0.2, 0.25) is 0 Å². The zero-order valence-corrected chi connectivity index (χ0v) is 15.3. The van der Waals surface area contributed by atoms with E-state index in [1.165, 1.54) is 12.1 Å². The maximum absolute atomic E-state index is 13.9. The fourth-order valence-electron chi connectivity index (χ4n) is 3.00. The van der Waals surface area contributed by atoms with Gasteiger partial charge in [0.2, 0.25) is 10.0 Å². The monoisotopic (exact) mass is 415 g/mol. The minimum atomic E-state index is -4.31. The zero-order chi connectivity index (χ0) is 20.5. The predicted molar refractivity (Wildman–Crippen MR) is 93.4 cm³/mol. The van der Waals surface area contributed by atoms with Crippen molar-refractivity contribution in [3.63, 3.8) is 0 Å². The summed E-state index contributed by atoms with van der Waals surface area (Å²) in [4.78, 5) is 11.3. The minimum Gasteiger partial charge on any atom is -0.296 e. The highest BCUT2D eigenvalue weighted by Gasteiger charge is 2.32. The van der Waals surface area contributed by atoms with Crippen molar-refractivity contribution in [3.05, 3.63) is 69.5 Å². The van der Waals surface area contributed by atoms with Crippen LogP contribution in [0.4, 0.5) is 18.9 Å². The van der Waals surface area contributed by atoms with Gasteiger partial charge in [-0.2, -0.15) is 4.31 Å². The van der Waals surface area contributed by atoms with E-state index >= 15 is 0 Å². The van der Waals surface area contributed by atoms with Crippen LogP contribution in [-0.4, -0.2) is 48.7 Å². The third-order valence-corrected chi connectivity index (χ3v) is 6.39. The van der Waals surface area contributed by atoms with E-state index in [1.54, 1.807) is 12.1 Å². The van der Waals surface area contributed by atoms with E-state index in [1.807, 2.05) is 4.90 Å². The van der Waals surface area contributed by atoms with Crippen molar-refractivity contribution in [1.29, 1.82) is 0 Å². The Labute approximate surface area is 159 Å². The van der Waals surface area contributed by atoms with E-state index < -0.39 is 37.3 Å². The molecule has 0 spiro atoms. The number of rotatable bonds is 5. The number of piperazine rings is 1. The van der Waals surface area contributed by atoms with E-state index in [0.29, 0.717) is 37.3 Å². The maximum Gasteiger partial charge on any atom is 0.269 e. The summed E-state index contributed by atoms with van der Waals surface area (Å²) in [5.41, 5.74) is 0.671. The molecular weight excluding hydrogens is 399 g/mol. The fourth-order valence-corrected chi connectivity index (χ4v) is 4.48. The summed E-state index contributed by atoms with van der Waals surface area (Å²) in [5, 5.41) is 10.8. The second kappa shape index (κ2) is 7.86. The average molecular weight is 415 g/mol. The molecule has 0 atom stereocenters. The molecule has 150 valence electrons. The summed E-state index contributed by atoms with van der Waals surface area (Å²) in [7, 11) is -4.31. The molecule has 0 unspecified atom stereocenters. The Morgan fingerprint density at radius 1 is 1.00 bits per heavy atom. The summed E-state index contributed by atoms with van der Waals surface area (Å²) < 4.78 is 66.5. The zero-order valence-electron chi connectivity index (χ0n) is 14.5. The molecule has 1 heterocycles. The number of hydrogen-bond acceptors (Lipinski definition) is 5. The Morgan fingerprint density at radius 2 is 1.68 bits per heavy atom. The van der Waals surface area contributed by atoms with Crippen molar-refractivity contribution in [2.24, 2.45) is 0 Å². The lowest BCUT2D eigenvalue weighted by Crippen LogP contribution is -2.48. The third-order valence-electron chi connectivity index (χ3n) is 4.48. The van der Waals surface area contributed by atoms with Gasteiger partial charge in [0.1, 0.15) is 4.90 Å². The number of nitro benzene ring substituents is 1. The summed E-state index contributed by atoms with van der Waals surface area (Å²) >= 11 is 0. The highest BCUT2D eigenvalue weighted by Crippen LogP contribution is 2.24. The Bertz CT molecular complexity index is 1010. The van der Waals surface area contributed by atoms with Crippen molar-refractivity contribution >= 4 is 15.7 Å². The fraction of sp³-hybridized carbons (Fsp3) is 0.294. The molecule has 2 aromatic rings. The van der Waals surface area contributed by atoms with Gasteiger partial charge in [-0.25, -0.2) is 21.6 Å². The molecule has 0 bridgehead atoms. The average Bonchev–Trinajstić information content (AvgIpc) is 2.66. The first-order valence-electron chi connectivity index (χ1n) is 8.29. The first-order valence-corrected chi connectivity index (χ1v) is 9.73. The van der Waals surface area contributed by atoms with Gasteiger partial charge in [0.15, 0.2) is 17.5 Å². The third kappa shape index (κ3) is 4.01. The molecule has 3 rings (SSSR count). The molecule has 7 nitrogen and oxygen atoms in total. The van der Waals surface area contributed by atoms with Crippen LogP contribution in [0.25, 0.3) is 0 Å². The van der Waals surface area contributed by atoms with Gasteiger partial charge in [-0.15, -0.1) is 0 Å². The minimum absolute atomic E-state index is 0.0235. The van der Waals surface area contributed by atoms with Crippen LogP contribution in [0.15, 0.2) is 41.3 Å². The highest BCUT2D eigenvalue weighted by atomic mass is 32.2. The molecule has 2 aromatic carbocycles. The second-order valence-corrected chi connectivity index (χ2v) is 8.19. The lowest BCUT2D eigenvalue weighted by atomic mass is 10.2. The Morgan fingerprint density at radius 3 is 2.32 bits per heavy atom. The predicted octanol–water partition coefficient (Wildman–Crippen LogP) is 2.52. The molecule has 0 amide bonds. The number of hydrogen-bond donors (Lipinski definition) is 0. The first kappa shape index (κ1) is 20.2. The lowest BCUT2D eigenvalue weighted by Gasteiger charge is -2.34. The quantitative estimate of drug-likeness (QED) is 0.426. The molecule has 0 saturated carbocycles. The van der Waals surface area contributed by atoms with E-state index in [-0.39, 0.29) is 18.8 Å². The van der Waals surface area contributed by atoms with Crippen molar-refractivity contribution < 1.29 is 26.5 Å². The number of nitrogens with zero attached hydrogens (tertiary/aromatic N) is 3. The summed E-state index contributed by atoms with van der Waals surface area (Å²) in [6.07, 6.45) is 0. The van der Waals surface area contributed by atoms with Crippen LogP contribution in [0.1, 0.15) is 5.56 Å². The van der Waals surface area contributed by atoms with Gasteiger partial charge in [0, 0.05) is 44.9 Å². The van der Waals surface area contributed by atoms with Crippen LogP contribution >= 0.6 is 0 Å². The summed E-state index contributed by atoms with van der Waals surface area (Å²) in [6, 6.07) is 7.40. The van der Waals surface area contributed by atoms with Crippen molar-refractivity contribution in [1.82, 2.24) is 9.21 Å². The summed E-state index contributed by atoms with van der Waals surface area (Å²) in [6.45, 7) is 1.03. The van der Waals surface area contributed by atoms with E-state index in [2.05, 4.69) is 0 Å². The Hall–Kier alpha value is -2.50. The van der Waals surface area contributed by atoms with E-state index in [4.69, 9.17) is 0 Å². The Balaban J connectivity index is 1.69. The number of nitro groups is 1. The largest absolute Gasteiger partial charge is 0.296 e. The van der Waals surface area contributed by atoms with E-state index in [0.717, 1.165) is 4.31 Å². The molecule has 0 aliphatic carbocycles. The van der Waals surface area contributed by atoms with Gasteiger partial charge in [-0.1, -0.05) is 12.1 Å². The van der Waals surface area contributed by atoms with E-state index in [9.17, 15) is 31.7 Å².